The van der Waals surface area contributed by atoms with Crippen LogP contribution in [0.3, 0.4) is 0 Å². The number of carbonyl (C=O) groups excluding carboxylic acids is 1. The fourth-order valence-electron chi connectivity index (χ4n) is 1.87. The first-order valence-corrected chi connectivity index (χ1v) is 7.30. The van der Waals surface area contributed by atoms with E-state index in [0.29, 0.717) is 27.6 Å². The number of nitrogens with one attached hydrogen (secondary N) is 1. The standard InChI is InChI=1S/C16H16BrNO4/c1-10-8-13(20-2)14(21-3)9-12(10)18-16(19)7-5-11-4-6-15(17)22-11/h4-9H,1-3H3,(H,18,19)/b7-5-. The van der Waals surface area contributed by atoms with E-state index in [9.17, 15) is 4.79 Å². The zero-order valence-electron chi connectivity index (χ0n) is 12.5. The average molecular weight is 366 g/mol. The number of halogens is 1. The molecule has 116 valence electrons. The molecule has 0 spiro atoms. The first kappa shape index (κ1) is 16.2. The molecule has 0 bridgehead atoms. The number of methoxy groups -OCH3 is 2. The Bertz CT molecular complexity index is 706. The van der Waals surface area contributed by atoms with Gasteiger partial charge in [0.2, 0.25) is 5.91 Å². The zero-order valence-corrected chi connectivity index (χ0v) is 14.1. The molecule has 0 aliphatic rings. The van der Waals surface area contributed by atoms with Crippen molar-refractivity contribution < 1.29 is 18.7 Å². The summed E-state index contributed by atoms with van der Waals surface area (Å²) in [6.45, 7) is 1.88. The number of aryl methyl sites for hydroxylation is 1. The summed E-state index contributed by atoms with van der Waals surface area (Å²) in [5.74, 6) is 1.50. The SMILES string of the molecule is COc1cc(C)c(NC(=O)/C=C\c2ccc(Br)o2)cc1OC. The molecule has 0 fully saturated rings. The predicted molar refractivity (Wildman–Crippen MR) is 88.4 cm³/mol. The predicted octanol–water partition coefficient (Wildman–Crippen LogP) is 4.02. The number of ether oxygens (including phenoxy) is 2. The monoisotopic (exact) mass is 365 g/mol. The maximum Gasteiger partial charge on any atom is 0.248 e. The van der Waals surface area contributed by atoms with E-state index in [4.69, 9.17) is 13.9 Å². The lowest BCUT2D eigenvalue weighted by Gasteiger charge is -2.12. The Kier molecular flexibility index (Phi) is 5.27. The van der Waals surface area contributed by atoms with Gasteiger partial charge in [-0.2, -0.15) is 0 Å². The van der Waals surface area contributed by atoms with Gasteiger partial charge in [0.05, 0.1) is 14.2 Å². The molecule has 0 aliphatic carbocycles. The highest BCUT2D eigenvalue weighted by atomic mass is 79.9. The molecule has 1 heterocycles. The van der Waals surface area contributed by atoms with Gasteiger partial charge in [-0.3, -0.25) is 4.79 Å². The third kappa shape index (κ3) is 3.92. The topological polar surface area (TPSA) is 60.7 Å². The summed E-state index contributed by atoms with van der Waals surface area (Å²) in [5, 5.41) is 2.80. The van der Waals surface area contributed by atoms with Crippen molar-refractivity contribution in [3.63, 3.8) is 0 Å². The van der Waals surface area contributed by atoms with Crippen molar-refractivity contribution in [1.82, 2.24) is 0 Å². The van der Waals surface area contributed by atoms with Gasteiger partial charge in [0.15, 0.2) is 16.2 Å². The van der Waals surface area contributed by atoms with Crippen LogP contribution in [-0.4, -0.2) is 20.1 Å². The fourth-order valence-corrected chi connectivity index (χ4v) is 2.18. The van der Waals surface area contributed by atoms with E-state index in [1.165, 1.54) is 6.08 Å². The van der Waals surface area contributed by atoms with Crippen molar-refractivity contribution in [2.45, 2.75) is 6.92 Å². The minimum Gasteiger partial charge on any atom is -0.493 e. The first-order valence-electron chi connectivity index (χ1n) is 6.50. The molecule has 0 saturated heterocycles. The number of rotatable bonds is 5. The minimum absolute atomic E-state index is 0.261. The second-order valence-corrected chi connectivity index (χ2v) is 5.27. The Balaban J connectivity index is 2.12. The van der Waals surface area contributed by atoms with Gasteiger partial charge in [0.1, 0.15) is 5.76 Å². The van der Waals surface area contributed by atoms with E-state index < -0.39 is 0 Å². The van der Waals surface area contributed by atoms with Crippen molar-refractivity contribution in [3.05, 3.63) is 46.3 Å². The van der Waals surface area contributed by atoms with Crippen molar-refractivity contribution in [2.24, 2.45) is 0 Å². The van der Waals surface area contributed by atoms with E-state index in [1.807, 2.05) is 13.0 Å². The van der Waals surface area contributed by atoms with E-state index in [1.54, 1.807) is 38.5 Å². The number of benzene rings is 1. The van der Waals surface area contributed by atoms with Gasteiger partial charge in [-0.15, -0.1) is 0 Å². The average Bonchev–Trinajstić information content (AvgIpc) is 2.92. The largest absolute Gasteiger partial charge is 0.493 e. The highest BCUT2D eigenvalue weighted by Crippen LogP contribution is 2.32. The highest BCUT2D eigenvalue weighted by molar-refractivity contribution is 9.10. The maximum atomic E-state index is 12.0. The number of furan rings is 1. The molecule has 1 amide bonds. The van der Waals surface area contributed by atoms with Crippen LogP contribution in [0.1, 0.15) is 11.3 Å². The van der Waals surface area contributed by atoms with Crippen molar-refractivity contribution in [2.75, 3.05) is 19.5 Å². The molecule has 1 aromatic heterocycles. The fraction of sp³-hybridized carbons (Fsp3) is 0.188. The van der Waals surface area contributed by atoms with E-state index >= 15 is 0 Å². The molecule has 0 radical (unpaired) electrons. The van der Waals surface area contributed by atoms with Crippen LogP contribution in [0.5, 0.6) is 11.5 Å². The molecule has 1 aromatic carbocycles. The molecule has 2 aromatic rings. The second kappa shape index (κ2) is 7.17. The maximum absolute atomic E-state index is 12.0. The van der Waals surface area contributed by atoms with Crippen LogP contribution in [0, 0.1) is 6.92 Å². The molecule has 5 nitrogen and oxygen atoms in total. The molecule has 0 aliphatic heterocycles. The highest BCUT2D eigenvalue weighted by Gasteiger charge is 2.10. The van der Waals surface area contributed by atoms with Gasteiger partial charge in [0, 0.05) is 17.8 Å². The summed E-state index contributed by atoms with van der Waals surface area (Å²) in [7, 11) is 3.12. The van der Waals surface area contributed by atoms with Gasteiger partial charge in [-0.25, -0.2) is 0 Å². The summed E-state index contributed by atoms with van der Waals surface area (Å²) in [6, 6.07) is 7.05. The molecule has 6 heteroatoms. The normalized spacial score (nSPS) is 10.7. The summed E-state index contributed by atoms with van der Waals surface area (Å²) in [6.07, 6.45) is 3.00. The Hall–Kier alpha value is -2.21. The molecule has 2 rings (SSSR count). The number of anilines is 1. The number of hydrogen-bond donors (Lipinski definition) is 1. The van der Waals surface area contributed by atoms with Crippen LogP contribution in [0.2, 0.25) is 0 Å². The Morgan fingerprint density at radius 2 is 1.91 bits per heavy atom. The first-order chi connectivity index (χ1) is 10.5. The van der Waals surface area contributed by atoms with Gasteiger partial charge < -0.3 is 19.2 Å². The van der Waals surface area contributed by atoms with E-state index in [0.717, 1.165) is 5.56 Å². The quantitative estimate of drug-likeness (QED) is 0.812. The van der Waals surface area contributed by atoms with Crippen LogP contribution < -0.4 is 14.8 Å². The van der Waals surface area contributed by atoms with Crippen LogP contribution >= 0.6 is 15.9 Å². The van der Waals surface area contributed by atoms with Crippen LogP contribution in [-0.2, 0) is 4.79 Å². The Morgan fingerprint density at radius 3 is 2.50 bits per heavy atom. The van der Waals surface area contributed by atoms with Crippen LogP contribution in [0.15, 0.2) is 39.4 Å². The van der Waals surface area contributed by atoms with Crippen molar-refractivity contribution in [1.29, 1.82) is 0 Å². The Morgan fingerprint density at radius 1 is 1.23 bits per heavy atom. The van der Waals surface area contributed by atoms with Crippen LogP contribution in [0.4, 0.5) is 5.69 Å². The van der Waals surface area contributed by atoms with Gasteiger partial charge in [-0.1, -0.05) is 0 Å². The zero-order chi connectivity index (χ0) is 16.1. The third-order valence-electron chi connectivity index (χ3n) is 2.98. The summed E-state index contributed by atoms with van der Waals surface area (Å²) < 4.78 is 16.3. The van der Waals surface area contributed by atoms with Crippen molar-refractivity contribution >= 4 is 33.6 Å². The molecule has 0 saturated carbocycles. The molecular weight excluding hydrogens is 350 g/mol. The lowest BCUT2D eigenvalue weighted by atomic mass is 10.1. The number of amides is 1. The summed E-state index contributed by atoms with van der Waals surface area (Å²) in [4.78, 5) is 12.0. The third-order valence-corrected chi connectivity index (χ3v) is 3.41. The second-order valence-electron chi connectivity index (χ2n) is 4.49. The van der Waals surface area contributed by atoms with Crippen molar-refractivity contribution in [3.8, 4) is 11.5 Å². The Labute approximate surface area is 137 Å². The smallest absolute Gasteiger partial charge is 0.248 e. The molecule has 0 atom stereocenters. The number of carbonyl (C=O) groups is 1. The van der Waals surface area contributed by atoms with E-state index in [2.05, 4.69) is 21.2 Å². The molecule has 0 unspecified atom stereocenters. The summed E-state index contributed by atoms with van der Waals surface area (Å²) in [5.41, 5.74) is 1.54. The lowest BCUT2D eigenvalue weighted by molar-refractivity contribution is -0.111. The summed E-state index contributed by atoms with van der Waals surface area (Å²) >= 11 is 3.21. The molecule has 22 heavy (non-hydrogen) atoms. The van der Waals surface area contributed by atoms with Gasteiger partial charge in [0.25, 0.3) is 0 Å². The van der Waals surface area contributed by atoms with Gasteiger partial charge in [-0.05, 0) is 52.7 Å². The van der Waals surface area contributed by atoms with Crippen LogP contribution in [0.25, 0.3) is 6.08 Å². The lowest BCUT2D eigenvalue weighted by Crippen LogP contribution is -2.09. The van der Waals surface area contributed by atoms with E-state index in [-0.39, 0.29) is 5.91 Å². The van der Waals surface area contributed by atoms with Gasteiger partial charge >= 0.3 is 0 Å². The molecular formula is C16H16BrNO4. The minimum atomic E-state index is -0.261. The molecule has 1 N–H and O–H groups in total. The number of hydrogen-bond acceptors (Lipinski definition) is 4.